The highest BCUT2D eigenvalue weighted by atomic mass is 16.1. The minimum Gasteiger partial charge on any atom is -0.320 e. The van der Waals surface area contributed by atoms with Gasteiger partial charge in [-0.25, -0.2) is 9.97 Å². The average molecular weight is 374 g/mol. The van der Waals surface area contributed by atoms with Crippen LogP contribution in [0, 0.1) is 0 Å². The van der Waals surface area contributed by atoms with E-state index in [9.17, 15) is 4.79 Å². The SMILES string of the molecule is CCN(c1ccccc1)c1nccc(C(=O)Nc2ccccc2C(C)(C)C)n1. The zero-order valence-corrected chi connectivity index (χ0v) is 16.8. The Labute approximate surface area is 166 Å². The Kier molecular flexibility index (Phi) is 5.73. The molecule has 0 aliphatic heterocycles. The summed E-state index contributed by atoms with van der Waals surface area (Å²) in [6.07, 6.45) is 1.62. The van der Waals surface area contributed by atoms with Gasteiger partial charge in [-0.15, -0.1) is 0 Å². The molecular weight excluding hydrogens is 348 g/mol. The maximum Gasteiger partial charge on any atom is 0.274 e. The van der Waals surface area contributed by atoms with Crippen molar-refractivity contribution in [1.82, 2.24) is 9.97 Å². The van der Waals surface area contributed by atoms with Crippen molar-refractivity contribution in [1.29, 1.82) is 0 Å². The van der Waals surface area contributed by atoms with Gasteiger partial charge >= 0.3 is 0 Å². The van der Waals surface area contributed by atoms with Gasteiger partial charge in [0, 0.05) is 24.1 Å². The van der Waals surface area contributed by atoms with E-state index in [1.165, 1.54) is 0 Å². The molecule has 0 aliphatic carbocycles. The van der Waals surface area contributed by atoms with Crippen molar-refractivity contribution in [2.45, 2.75) is 33.1 Å². The second-order valence-electron chi connectivity index (χ2n) is 7.57. The lowest BCUT2D eigenvalue weighted by Gasteiger charge is -2.23. The van der Waals surface area contributed by atoms with E-state index >= 15 is 0 Å². The summed E-state index contributed by atoms with van der Waals surface area (Å²) in [5.74, 6) is 0.259. The number of hydrogen-bond donors (Lipinski definition) is 1. The molecule has 0 unspecified atom stereocenters. The molecule has 28 heavy (non-hydrogen) atoms. The number of amides is 1. The predicted molar refractivity (Wildman–Crippen MR) is 114 cm³/mol. The molecule has 3 rings (SSSR count). The topological polar surface area (TPSA) is 58.1 Å². The van der Waals surface area contributed by atoms with Crippen LogP contribution in [0.1, 0.15) is 43.7 Å². The third kappa shape index (κ3) is 4.36. The quantitative estimate of drug-likeness (QED) is 0.668. The fraction of sp³-hybridized carbons (Fsp3) is 0.261. The molecule has 1 aromatic heterocycles. The zero-order valence-electron chi connectivity index (χ0n) is 16.8. The van der Waals surface area contributed by atoms with Crippen LogP contribution in [0.4, 0.5) is 17.3 Å². The molecule has 2 aromatic carbocycles. The molecule has 0 fully saturated rings. The molecule has 0 saturated carbocycles. The summed E-state index contributed by atoms with van der Waals surface area (Å²) in [6, 6.07) is 19.4. The van der Waals surface area contributed by atoms with Crippen molar-refractivity contribution in [2.24, 2.45) is 0 Å². The summed E-state index contributed by atoms with van der Waals surface area (Å²) in [4.78, 5) is 23.7. The first kappa shape index (κ1) is 19.5. The Morgan fingerprint density at radius 2 is 1.68 bits per heavy atom. The van der Waals surface area contributed by atoms with E-state index in [4.69, 9.17) is 0 Å². The molecule has 3 aromatic rings. The highest BCUT2D eigenvalue weighted by Gasteiger charge is 2.20. The Morgan fingerprint density at radius 3 is 2.36 bits per heavy atom. The maximum atomic E-state index is 12.9. The second kappa shape index (κ2) is 8.21. The van der Waals surface area contributed by atoms with Crippen LogP contribution in [0.15, 0.2) is 66.9 Å². The Balaban J connectivity index is 1.88. The Bertz CT molecular complexity index is 948. The smallest absolute Gasteiger partial charge is 0.274 e. The van der Waals surface area contributed by atoms with Gasteiger partial charge in [0.25, 0.3) is 5.91 Å². The minimum atomic E-state index is -0.246. The summed E-state index contributed by atoms with van der Waals surface area (Å²) in [7, 11) is 0. The van der Waals surface area contributed by atoms with E-state index in [1.807, 2.05) is 66.4 Å². The number of nitrogens with zero attached hydrogens (tertiary/aromatic N) is 3. The van der Waals surface area contributed by atoms with Crippen molar-refractivity contribution in [3.8, 4) is 0 Å². The van der Waals surface area contributed by atoms with Crippen LogP contribution in [0.5, 0.6) is 0 Å². The van der Waals surface area contributed by atoms with Gasteiger partial charge in [0.15, 0.2) is 0 Å². The van der Waals surface area contributed by atoms with Crippen molar-refractivity contribution in [2.75, 3.05) is 16.8 Å². The Morgan fingerprint density at radius 1 is 1.00 bits per heavy atom. The number of carbonyl (C=O) groups excluding carboxylic acids is 1. The van der Waals surface area contributed by atoms with Gasteiger partial charge in [-0.2, -0.15) is 0 Å². The third-order valence-corrected chi connectivity index (χ3v) is 4.48. The minimum absolute atomic E-state index is 0.0764. The van der Waals surface area contributed by atoms with Crippen LogP contribution in [-0.4, -0.2) is 22.4 Å². The number of rotatable bonds is 5. The number of anilines is 3. The van der Waals surface area contributed by atoms with Gasteiger partial charge in [0.2, 0.25) is 5.95 Å². The summed E-state index contributed by atoms with van der Waals surface area (Å²) < 4.78 is 0. The number of benzene rings is 2. The number of para-hydroxylation sites is 2. The van der Waals surface area contributed by atoms with Crippen molar-refractivity contribution in [3.05, 3.63) is 78.1 Å². The molecule has 0 aliphatic rings. The molecular formula is C23H26N4O. The molecule has 0 bridgehead atoms. The average Bonchev–Trinajstić information content (AvgIpc) is 2.69. The highest BCUT2D eigenvalue weighted by Crippen LogP contribution is 2.29. The van der Waals surface area contributed by atoms with Gasteiger partial charge in [0.05, 0.1) is 0 Å². The molecule has 5 heteroatoms. The van der Waals surface area contributed by atoms with E-state index in [-0.39, 0.29) is 11.3 Å². The summed E-state index contributed by atoms with van der Waals surface area (Å²) in [5, 5.41) is 3.01. The van der Waals surface area contributed by atoms with Crippen LogP contribution in [-0.2, 0) is 5.41 Å². The van der Waals surface area contributed by atoms with Crippen LogP contribution < -0.4 is 10.2 Å². The summed E-state index contributed by atoms with van der Waals surface area (Å²) in [5.41, 5.74) is 3.13. The largest absolute Gasteiger partial charge is 0.320 e. The van der Waals surface area contributed by atoms with E-state index in [0.29, 0.717) is 18.2 Å². The number of hydrogen-bond acceptors (Lipinski definition) is 4. The molecule has 1 heterocycles. The Hall–Kier alpha value is -3.21. The standard InChI is InChI=1S/C23H26N4O/c1-5-27(17-11-7-6-8-12-17)22-24-16-15-20(26-22)21(28)25-19-14-10-9-13-18(19)23(2,3)4/h6-16H,5H2,1-4H3,(H,25,28). The first-order valence-corrected chi connectivity index (χ1v) is 9.46. The molecule has 5 nitrogen and oxygen atoms in total. The maximum absolute atomic E-state index is 12.9. The number of nitrogens with one attached hydrogen (secondary N) is 1. The van der Waals surface area contributed by atoms with Crippen molar-refractivity contribution in [3.63, 3.8) is 0 Å². The second-order valence-corrected chi connectivity index (χ2v) is 7.57. The molecule has 1 N–H and O–H groups in total. The van der Waals surface area contributed by atoms with Gasteiger partial charge in [0.1, 0.15) is 5.69 Å². The lowest BCUT2D eigenvalue weighted by Crippen LogP contribution is -2.22. The number of aromatic nitrogens is 2. The summed E-state index contributed by atoms with van der Waals surface area (Å²) in [6.45, 7) is 9.10. The predicted octanol–water partition coefficient (Wildman–Crippen LogP) is 5.18. The highest BCUT2D eigenvalue weighted by molar-refractivity contribution is 6.03. The van der Waals surface area contributed by atoms with Crippen LogP contribution >= 0.6 is 0 Å². The normalized spacial score (nSPS) is 11.1. The fourth-order valence-electron chi connectivity index (χ4n) is 3.08. The number of carbonyl (C=O) groups is 1. The molecule has 0 spiro atoms. The molecule has 1 amide bonds. The van der Waals surface area contributed by atoms with E-state index in [0.717, 1.165) is 16.9 Å². The van der Waals surface area contributed by atoms with E-state index < -0.39 is 0 Å². The van der Waals surface area contributed by atoms with Crippen molar-refractivity contribution >= 4 is 23.2 Å². The van der Waals surface area contributed by atoms with Crippen LogP contribution in [0.2, 0.25) is 0 Å². The van der Waals surface area contributed by atoms with Crippen LogP contribution in [0.25, 0.3) is 0 Å². The molecule has 144 valence electrons. The van der Waals surface area contributed by atoms with Crippen molar-refractivity contribution < 1.29 is 4.79 Å². The molecule has 0 atom stereocenters. The fourth-order valence-corrected chi connectivity index (χ4v) is 3.08. The molecule has 0 saturated heterocycles. The zero-order chi connectivity index (χ0) is 20.1. The van der Waals surface area contributed by atoms with Gasteiger partial charge < -0.3 is 10.2 Å². The van der Waals surface area contributed by atoms with E-state index in [1.54, 1.807) is 12.3 Å². The molecule has 0 radical (unpaired) electrons. The third-order valence-electron chi connectivity index (χ3n) is 4.48. The summed E-state index contributed by atoms with van der Waals surface area (Å²) >= 11 is 0. The van der Waals surface area contributed by atoms with Gasteiger partial charge in [-0.1, -0.05) is 57.2 Å². The van der Waals surface area contributed by atoms with Gasteiger partial charge in [-0.3, -0.25) is 4.79 Å². The van der Waals surface area contributed by atoms with E-state index in [2.05, 4.69) is 36.1 Å². The van der Waals surface area contributed by atoms with Crippen LogP contribution in [0.3, 0.4) is 0 Å². The first-order chi connectivity index (χ1) is 13.4. The lowest BCUT2D eigenvalue weighted by molar-refractivity contribution is 0.102. The first-order valence-electron chi connectivity index (χ1n) is 9.46. The monoisotopic (exact) mass is 374 g/mol. The lowest BCUT2D eigenvalue weighted by atomic mass is 9.86. The van der Waals surface area contributed by atoms with Gasteiger partial charge in [-0.05, 0) is 42.2 Å².